The highest BCUT2D eigenvalue weighted by molar-refractivity contribution is 7.89. The Morgan fingerprint density at radius 3 is 1.67 bits per heavy atom. The SMILES string of the molecule is CC(C)[C@@H](CS(=O)(=O)N1CCN(c2ncc(-c3ccc(F)cc3)cn2)CC1)C(=O)N1C(=O)OC[C@H]1Cc1ccccc1.Cl.Cl.Fc1ccc(-c2cnc(N3CCNCC3)nc2)cc1. The minimum atomic E-state index is -3.81. The number of piperazine rings is 2. The van der Waals surface area contributed by atoms with Gasteiger partial charge in [-0.25, -0.2) is 46.8 Å². The van der Waals surface area contributed by atoms with Crippen molar-refractivity contribution in [2.45, 2.75) is 26.3 Å². The van der Waals surface area contributed by atoms with Crippen LogP contribution in [0.25, 0.3) is 22.3 Å². The van der Waals surface area contributed by atoms with Crippen molar-refractivity contribution in [3.8, 4) is 22.3 Å². The molecule has 3 saturated heterocycles. The lowest BCUT2D eigenvalue weighted by atomic mass is 9.95. The molecule has 0 aliphatic carbocycles. The largest absolute Gasteiger partial charge is 0.447 e. The van der Waals surface area contributed by atoms with Crippen molar-refractivity contribution in [3.63, 3.8) is 0 Å². The summed E-state index contributed by atoms with van der Waals surface area (Å²) in [5.74, 6) is -1.45. The number of halogens is 4. The predicted octanol–water partition coefficient (Wildman–Crippen LogP) is 6.13. The molecule has 14 nitrogen and oxygen atoms in total. The lowest BCUT2D eigenvalue weighted by Crippen LogP contribution is -2.52. The van der Waals surface area contributed by atoms with E-state index in [1.807, 2.05) is 35.2 Å². The number of nitrogens with zero attached hydrogens (tertiary/aromatic N) is 8. The molecule has 0 spiro atoms. The number of anilines is 2. The van der Waals surface area contributed by atoms with E-state index in [9.17, 15) is 26.8 Å². The molecule has 1 N–H and O–H groups in total. The average molecular weight is 927 g/mol. The van der Waals surface area contributed by atoms with Gasteiger partial charge in [0.15, 0.2) is 0 Å². The zero-order valence-corrected chi connectivity index (χ0v) is 37.4. The Bertz CT molecular complexity index is 2340. The average Bonchev–Trinajstić information content (AvgIpc) is 3.65. The molecule has 0 unspecified atom stereocenters. The van der Waals surface area contributed by atoms with Crippen molar-refractivity contribution in [2.75, 3.05) is 74.5 Å². The summed E-state index contributed by atoms with van der Waals surface area (Å²) in [4.78, 5) is 49.0. The van der Waals surface area contributed by atoms with Gasteiger partial charge >= 0.3 is 6.09 Å². The second-order valence-electron chi connectivity index (χ2n) is 15.4. The number of amides is 2. The second-order valence-corrected chi connectivity index (χ2v) is 17.5. The molecule has 3 fully saturated rings. The Labute approximate surface area is 379 Å². The Balaban J connectivity index is 0.000000298. The van der Waals surface area contributed by atoms with Crippen LogP contribution in [-0.2, 0) is 26.0 Å². The number of ether oxygens (including phenoxy) is 1. The molecular weight excluding hydrogens is 876 g/mol. The summed E-state index contributed by atoms with van der Waals surface area (Å²) in [6.07, 6.45) is 6.60. The van der Waals surface area contributed by atoms with E-state index in [0.717, 1.165) is 64.8 Å². The van der Waals surface area contributed by atoms with Gasteiger partial charge in [-0.3, -0.25) is 4.79 Å². The Hall–Kier alpha value is -5.33. The van der Waals surface area contributed by atoms with Crippen molar-refractivity contribution in [1.82, 2.24) is 34.5 Å². The van der Waals surface area contributed by atoms with E-state index in [-0.39, 0.29) is 62.1 Å². The predicted molar refractivity (Wildman–Crippen MR) is 242 cm³/mol. The number of benzene rings is 3. The molecular formula is C44H51Cl2F2N9O5S. The third kappa shape index (κ3) is 12.4. The van der Waals surface area contributed by atoms with Gasteiger partial charge in [0.2, 0.25) is 27.8 Å². The molecule has 2 atom stereocenters. The van der Waals surface area contributed by atoms with Crippen LogP contribution in [0.5, 0.6) is 0 Å². The summed E-state index contributed by atoms with van der Waals surface area (Å²) in [6.45, 7) is 8.62. The molecule has 0 bridgehead atoms. The molecule has 63 heavy (non-hydrogen) atoms. The summed E-state index contributed by atoms with van der Waals surface area (Å²) in [6, 6.07) is 21.4. The standard InChI is InChI=1S/C30H34FN5O5S.C14H15FN4.2ClH/c1-21(2)27(28(37)36-26(19-41-30(36)38)16-22-6-4-3-5-7-22)20-42(39,40)35-14-12-34(13-15-35)29-32-17-24(18-33-29)23-8-10-25(31)11-9-23;15-13-3-1-11(2-4-13)12-9-17-14(18-10-12)19-7-5-16-6-8-19;;/h3-11,17-18,21,26-27H,12-16,19-20H2,1-2H3;1-4,9-10,16H,5-8H2;2*1H/t26-,27-;;;/m1.../s1. The quantitative estimate of drug-likeness (QED) is 0.162. The first-order valence-electron chi connectivity index (χ1n) is 20.3. The molecule has 8 rings (SSSR count). The number of carbonyl (C=O) groups is 2. The minimum Gasteiger partial charge on any atom is -0.447 e. The van der Waals surface area contributed by atoms with Crippen LogP contribution in [0.2, 0.25) is 0 Å². The van der Waals surface area contributed by atoms with E-state index in [1.54, 1.807) is 62.9 Å². The molecule has 0 saturated carbocycles. The third-order valence-electron chi connectivity index (χ3n) is 11.0. The highest BCUT2D eigenvalue weighted by Crippen LogP contribution is 2.27. The topological polar surface area (TPSA) is 154 Å². The Morgan fingerprint density at radius 1 is 0.714 bits per heavy atom. The summed E-state index contributed by atoms with van der Waals surface area (Å²) in [7, 11) is -3.81. The van der Waals surface area contributed by atoms with Gasteiger partial charge in [0.25, 0.3) is 0 Å². The molecule has 19 heteroatoms. The molecule has 5 heterocycles. The molecule has 0 radical (unpaired) electrons. The number of cyclic esters (lactones) is 1. The normalized spacial score (nSPS) is 17.2. The first-order chi connectivity index (χ1) is 29.4. The van der Waals surface area contributed by atoms with E-state index in [2.05, 4.69) is 30.2 Å². The van der Waals surface area contributed by atoms with Crippen LogP contribution in [0.1, 0.15) is 19.4 Å². The summed E-state index contributed by atoms with van der Waals surface area (Å²) in [5.41, 5.74) is 4.32. The molecule has 3 aromatic carbocycles. The van der Waals surface area contributed by atoms with Gasteiger partial charge in [0.1, 0.15) is 18.2 Å². The minimum absolute atomic E-state index is 0. The number of aromatic nitrogens is 4. The molecule has 5 aromatic rings. The fourth-order valence-electron chi connectivity index (χ4n) is 7.41. The van der Waals surface area contributed by atoms with Gasteiger partial charge in [-0.1, -0.05) is 68.4 Å². The second kappa shape index (κ2) is 22.3. The number of imide groups is 1. The van der Waals surface area contributed by atoms with Gasteiger partial charge < -0.3 is 19.9 Å². The number of hydrogen-bond acceptors (Lipinski definition) is 12. The van der Waals surface area contributed by atoms with E-state index < -0.39 is 39.7 Å². The maximum absolute atomic E-state index is 13.6. The number of carbonyl (C=O) groups excluding carboxylic acids is 2. The summed E-state index contributed by atoms with van der Waals surface area (Å²) < 4.78 is 59.7. The van der Waals surface area contributed by atoms with Crippen molar-refractivity contribution in [3.05, 3.63) is 121 Å². The summed E-state index contributed by atoms with van der Waals surface area (Å²) in [5, 5.41) is 3.29. The van der Waals surface area contributed by atoms with Crippen LogP contribution in [0, 0.1) is 23.5 Å². The molecule has 336 valence electrons. The lowest BCUT2D eigenvalue weighted by molar-refractivity contribution is -0.134. The lowest BCUT2D eigenvalue weighted by Gasteiger charge is -2.35. The van der Waals surface area contributed by atoms with Gasteiger partial charge in [-0.15, -0.1) is 24.8 Å². The zero-order chi connectivity index (χ0) is 42.9. The van der Waals surface area contributed by atoms with E-state index >= 15 is 0 Å². The van der Waals surface area contributed by atoms with Crippen molar-refractivity contribution in [1.29, 1.82) is 0 Å². The Kier molecular flexibility index (Phi) is 17.3. The number of sulfonamides is 1. The number of rotatable bonds is 11. The van der Waals surface area contributed by atoms with Crippen LogP contribution < -0.4 is 15.1 Å². The molecule has 3 aliphatic heterocycles. The monoisotopic (exact) mass is 925 g/mol. The molecule has 3 aliphatic rings. The van der Waals surface area contributed by atoms with Gasteiger partial charge in [0, 0.05) is 88.3 Å². The van der Waals surface area contributed by atoms with Gasteiger partial charge in [-0.2, -0.15) is 4.31 Å². The van der Waals surface area contributed by atoms with Crippen molar-refractivity contribution in [2.24, 2.45) is 11.8 Å². The van der Waals surface area contributed by atoms with Crippen LogP contribution in [0.4, 0.5) is 25.5 Å². The van der Waals surface area contributed by atoms with Crippen LogP contribution >= 0.6 is 24.8 Å². The van der Waals surface area contributed by atoms with Crippen molar-refractivity contribution < 1.29 is 31.5 Å². The fourth-order valence-corrected chi connectivity index (χ4v) is 9.32. The highest BCUT2D eigenvalue weighted by Gasteiger charge is 2.44. The number of nitrogens with one attached hydrogen (secondary N) is 1. The third-order valence-corrected chi connectivity index (χ3v) is 12.9. The van der Waals surface area contributed by atoms with Crippen LogP contribution in [-0.4, -0.2) is 120 Å². The zero-order valence-electron chi connectivity index (χ0n) is 34.9. The van der Waals surface area contributed by atoms with Gasteiger partial charge in [0.05, 0.1) is 17.7 Å². The van der Waals surface area contributed by atoms with Crippen molar-refractivity contribution >= 4 is 58.7 Å². The smallest absolute Gasteiger partial charge is 0.416 e. The van der Waals surface area contributed by atoms with E-state index in [4.69, 9.17) is 4.74 Å². The fraction of sp³-hybridized carbons (Fsp3) is 0.364. The number of hydrogen-bond donors (Lipinski definition) is 1. The molecule has 2 amide bonds. The first kappa shape index (κ1) is 48.7. The van der Waals surface area contributed by atoms with Gasteiger partial charge in [-0.05, 0) is 53.3 Å². The van der Waals surface area contributed by atoms with E-state index in [0.29, 0.717) is 25.5 Å². The van der Waals surface area contributed by atoms with E-state index in [1.165, 1.54) is 28.6 Å². The van der Waals surface area contributed by atoms with Crippen LogP contribution in [0.3, 0.4) is 0 Å². The summed E-state index contributed by atoms with van der Waals surface area (Å²) >= 11 is 0. The maximum atomic E-state index is 13.6. The highest BCUT2D eigenvalue weighted by atomic mass is 35.5. The maximum Gasteiger partial charge on any atom is 0.416 e. The Morgan fingerprint density at radius 2 is 1.19 bits per heavy atom. The first-order valence-corrected chi connectivity index (χ1v) is 21.9. The van der Waals surface area contributed by atoms with Crippen LogP contribution in [0.15, 0.2) is 104 Å². The molecule has 2 aromatic heterocycles.